The number of hydrogen-bond acceptors (Lipinski definition) is 4. The Morgan fingerprint density at radius 1 is 1.16 bits per heavy atom. The molecule has 1 fully saturated rings. The zero-order valence-electron chi connectivity index (χ0n) is 19.6. The summed E-state index contributed by atoms with van der Waals surface area (Å²) < 4.78 is 0. The quantitative estimate of drug-likeness (QED) is 0.194. The van der Waals surface area contributed by atoms with Crippen LogP contribution in [0.15, 0.2) is 35.3 Å². The van der Waals surface area contributed by atoms with Crippen molar-refractivity contribution >= 4 is 41.5 Å². The topological polar surface area (TPSA) is 63.2 Å². The van der Waals surface area contributed by atoms with Gasteiger partial charge in [-0.05, 0) is 51.3 Å². The van der Waals surface area contributed by atoms with Crippen LogP contribution in [0.2, 0.25) is 0 Å². The standard InChI is InChI=1S/C23H40N6O.HI/c1-5-28(20-12-7-6-8-13-20)18-10-15-25-23(24-2)26-16-11-19-29-17-9-14-21(29)22(30)27(3)4;/h6-8,12-13,21H,5,9-11,14-19H2,1-4H3,(H2,24,25,26);1H. The highest BCUT2D eigenvalue weighted by Crippen LogP contribution is 2.18. The van der Waals surface area contributed by atoms with Crippen LogP contribution in [0.5, 0.6) is 0 Å². The van der Waals surface area contributed by atoms with Crippen LogP contribution in [0.25, 0.3) is 0 Å². The molecule has 8 heteroatoms. The smallest absolute Gasteiger partial charge is 0.239 e. The van der Waals surface area contributed by atoms with Crippen molar-refractivity contribution in [2.75, 3.05) is 65.3 Å². The van der Waals surface area contributed by atoms with Gasteiger partial charge in [0.25, 0.3) is 0 Å². The Kier molecular flexibility index (Phi) is 13.6. The molecule has 1 aliphatic rings. The van der Waals surface area contributed by atoms with Crippen molar-refractivity contribution in [3.8, 4) is 0 Å². The zero-order chi connectivity index (χ0) is 21.8. The molecule has 1 atom stereocenters. The number of nitrogens with zero attached hydrogens (tertiary/aromatic N) is 4. The third-order valence-electron chi connectivity index (χ3n) is 5.63. The summed E-state index contributed by atoms with van der Waals surface area (Å²) >= 11 is 0. The van der Waals surface area contributed by atoms with E-state index in [2.05, 4.69) is 62.7 Å². The number of carbonyl (C=O) groups excluding carboxylic acids is 1. The number of halogens is 1. The first-order chi connectivity index (χ1) is 14.6. The second-order valence-electron chi connectivity index (χ2n) is 7.97. The Hall–Kier alpha value is -1.55. The van der Waals surface area contributed by atoms with Crippen LogP contribution >= 0.6 is 24.0 Å². The zero-order valence-corrected chi connectivity index (χ0v) is 22.0. The number of guanidine groups is 1. The minimum atomic E-state index is 0. The lowest BCUT2D eigenvalue weighted by molar-refractivity contribution is -0.133. The lowest BCUT2D eigenvalue weighted by Crippen LogP contribution is -2.44. The van der Waals surface area contributed by atoms with Crippen LogP contribution in [0.1, 0.15) is 32.6 Å². The number of benzene rings is 1. The first kappa shape index (κ1) is 27.5. The van der Waals surface area contributed by atoms with Gasteiger partial charge < -0.3 is 20.4 Å². The lowest BCUT2D eigenvalue weighted by Gasteiger charge is -2.26. The van der Waals surface area contributed by atoms with Crippen molar-refractivity contribution in [1.29, 1.82) is 0 Å². The van der Waals surface area contributed by atoms with E-state index in [0.717, 1.165) is 70.9 Å². The number of rotatable bonds is 11. The van der Waals surface area contributed by atoms with Crippen LogP contribution in [0.3, 0.4) is 0 Å². The van der Waals surface area contributed by atoms with Gasteiger partial charge in [-0.25, -0.2) is 0 Å². The summed E-state index contributed by atoms with van der Waals surface area (Å²) in [5.41, 5.74) is 1.27. The van der Waals surface area contributed by atoms with Crippen LogP contribution in [0.4, 0.5) is 5.69 Å². The van der Waals surface area contributed by atoms with Crippen molar-refractivity contribution in [2.45, 2.75) is 38.6 Å². The van der Waals surface area contributed by atoms with Crippen LogP contribution in [0, 0.1) is 0 Å². The molecule has 2 N–H and O–H groups in total. The third kappa shape index (κ3) is 9.22. The Bertz CT molecular complexity index is 655. The predicted molar refractivity (Wildman–Crippen MR) is 142 cm³/mol. The van der Waals surface area contributed by atoms with E-state index in [1.54, 1.807) is 4.90 Å². The van der Waals surface area contributed by atoms with E-state index in [-0.39, 0.29) is 35.9 Å². The molecule has 0 saturated carbocycles. The molecule has 7 nitrogen and oxygen atoms in total. The highest BCUT2D eigenvalue weighted by molar-refractivity contribution is 14.0. The Morgan fingerprint density at radius 3 is 2.45 bits per heavy atom. The number of aliphatic imine (C=N–C) groups is 1. The van der Waals surface area contributed by atoms with Gasteiger partial charge in [-0.2, -0.15) is 0 Å². The molecule has 176 valence electrons. The average molecular weight is 545 g/mol. The van der Waals surface area contributed by atoms with Crippen LogP contribution < -0.4 is 15.5 Å². The second kappa shape index (κ2) is 15.3. The van der Waals surface area contributed by atoms with E-state index in [9.17, 15) is 4.79 Å². The summed E-state index contributed by atoms with van der Waals surface area (Å²) in [7, 11) is 5.50. The molecule has 1 unspecified atom stereocenters. The maximum Gasteiger partial charge on any atom is 0.239 e. The number of likely N-dealkylation sites (tertiary alicyclic amines) is 1. The molecule has 31 heavy (non-hydrogen) atoms. The molecule has 1 amide bonds. The third-order valence-corrected chi connectivity index (χ3v) is 5.63. The SMILES string of the molecule is CCN(CCCNC(=NC)NCCCN1CCCC1C(=O)N(C)C)c1ccccc1.I. The van der Waals surface area contributed by atoms with Gasteiger partial charge in [0.05, 0.1) is 6.04 Å². The molecule has 0 aromatic heterocycles. The van der Waals surface area contributed by atoms with Crippen molar-refractivity contribution in [1.82, 2.24) is 20.4 Å². The molecule has 1 aliphatic heterocycles. The average Bonchev–Trinajstić information content (AvgIpc) is 3.23. The van der Waals surface area contributed by atoms with Crippen molar-refractivity contribution in [3.05, 3.63) is 30.3 Å². The van der Waals surface area contributed by atoms with E-state index in [1.807, 2.05) is 21.1 Å². The molecule has 0 aliphatic carbocycles. The summed E-state index contributed by atoms with van der Waals surface area (Å²) in [6.07, 6.45) is 4.13. The molecule has 0 radical (unpaired) electrons. The van der Waals surface area contributed by atoms with Gasteiger partial charge in [0.1, 0.15) is 0 Å². The van der Waals surface area contributed by atoms with Gasteiger partial charge in [0, 0.05) is 59.6 Å². The number of hydrogen-bond donors (Lipinski definition) is 2. The maximum atomic E-state index is 12.3. The molecule has 1 aromatic rings. The molecule has 0 bridgehead atoms. The molecule has 2 rings (SSSR count). The minimum absolute atomic E-state index is 0. The molecule has 1 aromatic carbocycles. The fraction of sp³-hybridized carbons (Fsp3) is 0.652. The van der Waals surface area contributed by atoms with Gasteiger partial charge in [-0.1, -0.05) is 18.2 Å². The Balaban J connectivity index is 0.00000480. The number of likely N-dealkylation sites (N-methyl/N-ethyl adjacent to an activating group) is 1. The number of nitrogens with one attached hydrogen (secondary N) is 2. The molecule has 1 heterocycles. The van der Waals surface area contributed by atoms with E-state index < -0.39 is 0 Å². The van der Waals surface area contributed by atoms with E-state index >= 15 is 0 Å². The van der Waals surface area contributed by atoms with Crippen molar-refractivity contribution in [2.24, 2.45) is 4.99 Å². The minimum Gasteiger partial charge on any atom is -0.372 e. The Labute approximate surface area is 205 Å². The molecular weight excluding hydrogens is 503 g/mol. The molecule has 0 spiro atoms. The highest BCUT2D eigenvalue weighted by Gasteiger charge is 2.30. The van der Waals surface area contributed by atoms with Gasteiger partial charge in [0.2, 0.25) is 5.91 Å². The van der Waals surface area contributed by atoms with E-state index in [4.69, 9.17) is 0 Å². The number of amides is 1. The normalized spacial score (nSPS) is 16.5. The number of anilines is 1. The van der Waals surface area contributed by atoms with Gasteiger partial charge in [-0.15, -0.1) is 24.0 Å². The number of carbonyl (C=O) groups is 1. The lowest BCUT2D eigenvalue weighted by atomic mass is 10.2. The highest BCUT2D eigenvalue weighted by atomic mass is 127. The first-order valence-electron chi connectivity index (χ1n) is 11.3. The van der Waals surface area contributed by atoms with Gasteiger partial charge in [-0.3, -0.25) is 14.7 Å². The van der Waals surface area contributed by atoms with E-state index in [0.29, 0.717) is 0 Å². The molecule has 1 saturated heterocycles. The van der Waals surface area contributed by atoms with Gasteiger partial charge >= 0.3 is 0 Å². The van der Waals surface area contributed by atoms with Crippen molar-refractivity contribution < 1.29 is 4.79 Å². The fourth-order valence-electron chi connectivity index (χ4n) is 3.97. The Morgan fingerprint density at radius 2 is 1.84 bits per heavy atom. The summed E-state index contributed by atoms with van der Waals surface area (Å²) in [5.74, 6) is 1.08. The predicted octanol–water partition coefficient (Wildman–Crippen LogP) is 2.63. The maximum absolute atomic E-state index is 12.3. The van der Waals surface area contributed by atoms with Crippen LogP contribution in [-0.2, 0) is 4.79 Å². The molecular formula is C23H41IN6O. The summed E-state index contributed by atoms with van der Waals surface area (Å²) in [5, 5.41) is 6.81. The van der Waals surface area contributed by atoms with Crippen molar-refractivity contribution in [3.63, 3.8) is 0 Å². The monoisotopic (exact) mass is 544 g/mol. The van der Waals surface area contributed by atoms with Gasteiger partial charge in [0.15, 0.2) is 5.96 Å². The van der Waals surface area contributed by atoms with E-state index in [1.165, 1.54) is 5.69 Å². The summed E-state index contributed by atoms with van der Waals surface area (Å²) in [4.78, 5) is 23.0. The first-order valence-corrected chi connectivity index (χ1v) is 11.3. The number of para-hydroxylation sites is 1. The largest absolute Gasteiger partial charge is 0.372 e. The fourth-order valence-corrected chi connectivity index (χ4v) is 3.97. The van der Waals surface area contributed by atoms with Crippen LogP contribution in [-0.4, -0.2) is 88.1 Å². The second-order valence-corrected chi connectivity index (χ2v) is 7.97. The summed E-state index contributed by atoms with van der Waals surface area (Å²) in [6, 6.07) is 10.6. The summed E-state index contributed by atoms with van der Waals surface area (Å²) in [6.45, 7) is 7.91.